The topological polar surface area (TPSA) is 87.7 Å². The van der Waals surface area contributed by atoms with Gasteiger partial charge in [-0.25, -0.2) is 4.79 Å². The maximum absolute atomic E-state index is 14.0. The largest absolute Gasteiger partial charge is 0.444 e. The van der Waals surface area contributed by atoms with E-state index in [1.807, 2.05) is 52.0 Å². The fraction of sp³-hybridized carbons (Fsp3) is 0.621. The Kier molecular flexibility index (Phi) is 10.6. The van der Waals surface area contributed by atoms with Gasteiger partial charge >= 0.3 is 6.09 Å². The third kappa shape index (κ3) is 8.38. The SMILES string of the molecule is C=Cc1cccc(C(C(=O)NC2CCCCC2)N(C(=O)C(NC(=O)OC(C)(C)C)C(C)C)C(C)C)c1. The van der Waals surface area contributed by atoms with E-state index in [4.69, 9.17) is 4.74 Å². The number of amides is 3. The van der Waals surface area contributed by atoms with Crippen LogP contribution in [0.15, 0.2) is 30.8 Å². The average molecular weight is 500 g/mol. The van der Waals surface area contributed by atoms with Crippen molar-refractivity contribution in [1.29, 1.82) is 0 Å². The van der Waals surface area contributed by atoms with Gasteiger partial charge in [0.15, 0.2) is 0 Å². The molecule has 7 nitrogen and oxygen atoms in total. The first kappa shape index (κ1) is 29.4. The first-order valence-electron chi connectivity index (χ1n) is 13.2. The molecule has 0 heterocycles. The van der Waals surface area contributed by atoms with Crippen LogP contribution in [-0.4, -0.2) is 46.5 Å². The molecule has 36 heavy (non-hydrogen) atoms. The van der Waals surface area contributed by atoms with E-state index >= 15 is 0 Å². The summed E-state index contributed by atoms with van der Waals surface area (Å²) in [6.07, 6.45) is 6.30. The predicted octanol–water partition coefficient (Wildman–Crippen LogP) is 5.61. The molecule has 200 valence electrons. The normalized spacial score (nSPS) is 16.2. The molecule has 1 aromatic rings. The molecule has 2 N–H and O–H groups in total. The van der Waals surface area contributed by atoms with Crippen LogP contribution in [-0.2, 0) is 14.3 Å². The summed E-state index contributed by atoms with van der Waals surface area (Å²) in [7, 11) is 0. The monoisotopic (exact) mass is 499 g/mol. The van der Waals surface area contributed by atoms with Gasteiger partial charge in [-0.1, -0.05) is 64.0 Å². The highest BCUT2D eigenvalue weighted by molar-refractivity contribution is 5.92. The molecular weight excluding hydrogens is 454 g/mol. The Labute approximate surface area is 217 Å². The van der Waals surface area contributed by atoms with E-state index < -0.39 is 23.8 Å². The number of benzene rings is 1. The number of carbonyl (C=O) groups excluding carboxylic acids is 3. The molecule has 1 aliphatic rings. The Morgan fingerprint density at radius 3 is 2.25 bits per heavy atom. The molecule has 1 saturated carbocycles. The van der Waals surface area contributed by atoms with Gasteiger partial charge in [0.05, 0.1) is 0 Å². The molecule has 3 amide bonds. The lowest BCUT2D eigenvalue weighted by atomic mass is 9.93. The molecule has 1 fully saturated rings. The summed E-state index contributed by atoms with van der Waals surface area (Å²) < 4.78 is 5.42. The minimum absolute atomic E-state index is 0.0984. The van der Waals surface area contributed by atoms with Crippen LogP contribution < -0.4 is 10.6 Å². The van der Waals surface area contributed by atoms with Crippen LogP contribution >= 0.6 is 0 Å². The average Bonchev–Trinajstić information content (AvgIpc) is 2.79. The van der Waals surface area contributed by atoms with Gasteiger partial charge in [-0.2, -0.15) is 0 Å². The Morgan fingerprint density at radius 1 is 1.08 bits per heavy atom. The van der Waals surface area contributed by atoms with Gasteiger partial charge in [0.25, 0.3) is 0 Å². The molecule has 0 saturated heterocycles. The summed E-state index contributed by atoms with van der Waals surface area (Å²) in [6, 6.07) is 5.65. The number of hydrogen-bond donors (Lipinski definition) is 2. The fourth-order valence-electron chi connectivity index (χ4n) is 4.61. The Bertz CT molecular complexity index is 913. The second kappa shape index (κ2) is 12.9. The number of rotatable bonds is 9. The van der Waals surface area contributed by atoms with Gasteiger partial charge in [0, 0.05) is 12.1 Å². The molecule has 0 bridgehead atoms. The molecule has 7 heteroatoms. The van der Waals surface area contributed by atoms with Crippen molar-refractivity contribution in [2.24, 2.45) is 5.92 Å². The van der Waals surface area contributed by atoms with E-state index in [9.17, 15) is 14.4 Å². The standard InChI is InChI=1S/C29H45N3O4/c1-9-21-14-13-15-22(18-21)25(26(33)30-23-16-11-10-12-17-23)32(20(4)5)27(34)24(19(2)3)31-28(35)36-29(6,7)8/h9,13-15,18-20,23-25H,1,10-12,16-17H2,2-8H3,(H,30,33)(H,31,35). The molecule has 1 aromatic carbocycles. The van der Waals surface area contributed by atoms with Gasteiger partial charge in [0.2, 0.25) is 11.8 Å². The third-order valence-electron chi connectivity index (χ3n) is 6.36. The van der Waals surface area contributed by atoms with E-state index in [1.54, 1.807) is 31.7 Å². The minimum Gasteiger partial charge on any atom is -0.444 e. The zero-order chi connectivity index (χ0) is 27.0. The Morgan fingerprint density at radius 2 is 1.72 bits per heavy atom. The molecular formula is C29H45N3O4. The van der Waals surface area contributed by atoms with E-state index in [1.165, 1.54) is 6.42 Å². The van der Waals surface area contributed by atoms with Crippen LogP contribution in [0.3, 0.4) is 0 Å². The van der Waals surface area contributed by atoms with Crippen molar-refractivity contribution in [2.45, 2.75) is 110 Å². The molecule has 2 unspecified atom stereocenters. The number of ether oxygens (including phenoxy) is 1. The summed E-state index contributed by atoms with van der Waals surface area (Å²) in [4.78, 5) is 42.1. The van der Waals surface area contributed by atoms with Crippen LogP contribution in [0.5, 0.6) is 0 Å². The van der Waals surface area contributed by atoms with E-state index in [0.29, 0.717) is 5.56 Å². The number of nitrogens with zero attached hydrogens (tertiary/aromatic N) is 1. The summed E-state index contributed by atoms with van der Waals surface area (Å²) >= 11 is 0. The van der Waals surface area contributed by atoms with Gasteiger partial charge in [-0.3, -0.25) is 9.59 Å². The predicted molar refractivity (Wildman–Crippen MR) is 144 cm³/mol. The van der Waals surface area contributed by atoms with Crippen molar-refractivity contribution < 1.29 is 19.1 Å². The third-order valence-corrected chi connectivity index (χ3v) is 6.36. The van der Waals surface area contributed by atoms with Gasteiger partial charge < -0.3 is 20.3 Å². The molecule has 0 aromatic heterocycles. The summed E-state index contributed by atoms with van der Waals surface area (Å²) in [6.45, 7) is 16.7. The van der Waals surface area contributed by atoms with Crippen molar-refractivity contribution in [2.75, 3.05) is 0 Å². The van der Waals surface area contributed by atoms with Crippen LogP contribution in [0.1, 0.15) is 97.7 Å². The maximum atomic E-state index is 14.0. The van der Waals surface area contributed by atoms with Crippen molar-refractivity contribution in [3.8, 4) is 0 Å². The van der Waals surface area contributed by atoms with Gasteiger partial charge in [-0.15, -0.1) is 0 Å². The summed E-state index contributed by atoms with van der Waals surface area (Å²) in [5.41, 5.74) is 0.883. The molecule has 0 aliphatic heterocycles. The lowest BCUT2D eigenvalue weighted by molar-refractivity contribution is -0.145. The first-order chi connectivity index (χ1) is 16.8. The summed E-state index contributed by atoms with van der Waals surface area (Å²) in [5.74, 6) is -0.739. The lowest BCUT2D eigenvalue weighted by Gasteiger charge is -2.39. The highest BCUT2D eigenvalue weighted by atomic mass is 16.6. The van der Waals surface area contributed by atoms with Crippen molar-refractivity contribution in [3.05, 3.63) is 42.0 Å². The van der Waals surface area contributed by atoms with E-state index in [-0.39, 0.29) is 29.8 Å². The zero-order valence-electron chi connectivity index (χ0n) is 23.1. The van der Waals surface area contributed by atoms with Crippen LogP contribution in [0, 0.1) is 5.92 Å². The minimum atomic E-state index is -0.852. The molecule has 0 radical (unpaired) electrons. The molecule has 2 rings (SSSR count). The lowest BCUT2D eigenvalue weighted by Crippen LogP contribution is -2.57. The molecule has 2 atom stereocenters. The number of nitrogens with one attached hydrogen (secondary N) is 2. The van der Waals surface area contributed by atoms with Crippen LogP contribution in [0.2, 0.25) is 0 Å². The highest BCUT2D eigenvalue weighted by Gasteiger charge is 2.39. The van der Waals surface area contributed by atoms with E-state index in [0.717, 1.165) is 31.2 Å². The van der Waals surface area contributed by atoms with Crippen molar-refractivity contribution in [3.63, 3.8) is 0 Å². The zero-order valence-corrected chi connectivity index (χ0v) is 23.1. The van der Waals surface area contributed by atoms with Gasteiger partial charge in [-0.05, 0) is 70.6 Å². The number of hydrogen-bond acceptors (Lipinski definition) is 4. The van der Waals surface area contributed by atoms with E-state index in [2.05, 4.69) is 17.2 Å². The fourth-order valence-corrected chi connectivity index (χ4v) is 4.61. The first-order valence-corrected chi connectivity index (χ1v) is 13.2. The Balaban J connectivity index is 2.46. The quantitative estimate of drug-likeness (QED) is 0.463. The highest BCUT2D eigenvalue weighted by Crippen LogP contribution is 2.28. The summed E-state index contributed by atoms with van der Waals surface area (Å²) in [5, 5.41) is 5.97. The van der Waals surface area contributed by atoms with Crippen molar-refractivity contribution in [1.82, 2.24) is 15.5 Å². The second-order valence-electron chi connectivity index (χ2n) is 11.3. The van der Waals surface area contributed by atoms with Crippen molar-refractivity contribution >= 4 is 24.0 Å². The van der Waals surface area contributed by atoms with Crippen LogP contribution in [0.25, 0.3) is 6.08 Å². The smallest absolute Gasteiger partial charge is 0.408 e. The second-order valence-corrected chi connectivity index (χ2v) is 11.3. The van der Waals surface area contributed by atoms with Crippen LogP contribution in [0.4, 0.5) is 4.79 Å². The Hall–Kier alpha value is -2.83. The molecule has 0 spiro atoms. The molecule has 1 aliphatic carbocycles. The maximum Gasteiger partial charge on any atom is 0.408 e. The number of carbonyl (C=O) groups is 3. The number of alkyl carbamates (subject to hydrolysis) is 1. The van der Waals surface area contributed by atoms with Gasteiger partial charge in [0.1, 0.15) is 17.7 Å².